The largest absolute Gasteiger partial charge is 0.387 e. The third kappa shape index (κ3) is 3.46. The highest BCUT2D eigenvalue weighted by Gasteiger charge is 2.21. The monoisotopic (exact) mass is 329 g/mol. The molecule has 18 heavy (non-hydrogen) atoms. The summed E-state index contributed by atoms with van der Waals surface area (Å²) in [5, 5.41) is 8.27. The van der Waals surface area contributed by atoms with Crippen LogP contribution in [0, 0.1) is 11.3 Å². The molecular formula is C13H17BrClN3. The summed E-state index contributed by atoms with van der Waals surface area (Å²) in [4.78, 5) is 2.37. The number of rotatable bonds is 3. The number of nitrogens with zero attached hydrogens (tertiary/aromatic N) is 1. The lowest BCUT2D eigenvalue weighted by Gasteiger charge is -2.31. The molecule has 98 valence electrons. The third-order valence-electron chi connectivity index (χ3n) is 3.44. The van der Waals surface area contributed by atoms with Gasteiger partial charge in [0.1, 0.15) is 0 Å². The van der Waals surface area contributed by atoms with Gasteiger partial charge < -0.3 is 5.73 Å². The van der Waals surface area contributed by atoms with Crippen LogP contribution in [0.25, 0.3) is 0 Å². The maximum atomic E-state index is 7.47. The fraction of sp³-hybridized carbons (Fsp3) is 0.462. The van der Waals surface area contributed by atoms with Crippen molar-refractivity contribution < 1.29 is 0 Å². The van der Waals surface area contributed by atoms with E-state index >= 15 is 0 Å². The van der Waals surface area contributed by atoms with Crippen LogP contribution in [0.15, 0.2) is 22.7 Å². The van der Waals surface area contributed by atoms with Crippen LogP contribution in [0.4, 0.5) is 0 Å². The summed E-state index contributed by atoms with van der Waals surface area (Å²) in [5.41, 5.74) is 6.70. The summed E-state index contributed by atoms with van der Waals surface area (Å²) in [5.74, 6) is 0.595. The number of nitrogens with two attached hydrogens (primary N) is 1. The van der Waals surface area contributed by atoms with Crippen LogP contribution in [0.5, 0.6) is 0 Å². The van der Waals surface area contributed by atoms with Gasteiger partial charge in [0, 0.05) is 22.0 Å². The average Bonchev–Trinajstić information content (AvgIpc) is 2.33. The minimum absolute atomic E-state index is 0.265. The molecule has 1 aliphatic heterocycles. The van der Waals surface area contributed by atoms with E-state index in [0.717, 1.165) is 47.5 Å². The van der Waals surface area contributed by atoms with Gasteiger partial charge in [-0.3, -0.25) is 10.3 Å². The van der Waals surface area contributed by atoms with Crippen LogP contribution in [0.2, 0.25) is 5.02 Å². The Morgan fingerprint density at radius 1 is 1.44 bits per heavy atom. The maximum absolute atomic E-state index is 7.47. The zero-order valence-corrected chi connectivity index (χ0v) is 12.5. The number of hydrogen-bond donors (Lipinski definition) is 2. The van der Waals surface area contributed by atoms with Crippen molar-refractivity contribution in [2.45, 2.75) is 19.4 Å². The lowest BCUT2D eigenvalue weighted by molar-refractivity contribution is 0.201. The molecule has 0 aliphatic carbocycles. The van der Waals surface area contributed by atoms with Crippen LogP contribution in [-0.4, -0.2) is 23.8 Å². The first-order valence-corrected chi connectivity index (χ1v) is 7.23. The minimum Gasteiger partial charge on any atom is -0.387 e. The van der Waals surface area contributed by atoms with Crippen LogP contribution < -0.4 is 5.73 Å². The second-order valence-electron chi connectivity index (χ2n) is 4.74. The molecule has 0 bridgehead atoms. The van der Waals surface area contributed by atoms with Gasteiger partial charge in [-0.25, -0.2) is 0 Å². The zero-order valence-electron chi connectivity index (χ0n) is 10.1. The predicted octanol–water partition coefficient (Wildman–Crippen LogP) is 3.25. The van der Waals surface area contributed by atoms with E-state index in [1.165, 1.54) is 0 Å². The molecule has 0 spiro atoms. The summed E-state index contributed by atoms with van der Waals surface area (Å²) in [6, 6.07) is 6.01. The number of piperidine rings is 1. The molecule has 1 aromatic carbocycles. The molecule has 5 heteroatoms. The molecule has 0 aromatic heterocycles. The van der Waals surface area contributed by atoms with E-state index in [1.54, 1.807) is 0 Å². The van der Waals surface area contributed by atoms with Crippen molar-refractivity contribution in [3.63, 3.8) is 0 Å². The molecule has 0 amide bonds. The number of amidine groups is 1. The Morgan fingerprint density at radius 2 is 2.11 bits per heavy atom. The SMILES string of the molecule is N=C(N)C1CCN(Cc2ccc(Br)cc2Cl)CC1. The second kappa shape index (κ2) is 6.04. The van der Waals surface area contributed by atoms with Gasteiger partial charge in [0.15, 0.2) is 0 Å². The Morgan fingerprint density at radius 3 is 2.67 bits per heavy atom. The molecule has 0 atom stereocenters. The number of likely N-dealkylation sites (tertiary alicyclic amines) is 1. The van der Waals surface area contributed by atoms with Crippen LogP contribution >= 0.6 is 27.5 Å². The van der Waals surface area contributed by atoms with Gasteiger partial charge in [-0.1, -0.05) is 33.6 Å². The minimum atomic E-state index is 0.265. The summed E-state index contributed by atoms with van der Waals surface area (Å²) >= 11 is 9.63. The second-order valence-corrected chi connectivity index (χ2v) is 6.06. The Labute approximate surface area is 121 Å². The smallest absolute Gasteiger partial charge is 0.0937 e. The molecule has 0 unspecified atom stereocenters. The predicted molar refractivity (Wildman–Crippen MR) is 79.1 cm³/mol. The van der Waals surface area contributed by atoms with E-state index in [4.69, 9.17) is 22.7 Å². The van der Waals surface area contributed by atoms with E-state index in [1.807, 2.05) is 12.1 Å². The molecule has 3 N–H and O–H groups in total. The fourth-order valence-electron chi connectivity index (χ4n) is 2.29. The molecule has 2 rings (SSSR count). The van der Waals surface area contributed by atoms with Gasteiger partial charge in [0.2, 0.25) is 0 Å². The molecule has 0 saturated carbocycles. The number of hydrogen-bond acceptors (Lipinski definition) is 2. The summed E-state index contributed by atoms with van der Waals surface area (Å²) < 4.78 is 1.01. The standard InChI is InChI=1S/C13H17BrClN3/c14-11-2-1-10(12(15)7-11)8-18-5-3-9(4-6-18)13(16)17/h1-2,7,9H,3-6,8H2,(H3,16,17). The van der Waals surface area contributed by atoms with Gasteiger partial charge in [0.25, 0.3) is 0 Å². The Balaban J connectivity index is 1.93. The van der Waals surface area contributed by atoms with Gasteiger partial charge in [0.05, 0.1) is 5.84 Å². The lowest BCUT2D eigenvalue weighted by atomic mass is 9.95. The summed E-state index contributed by atoms with van der Waals surface area (Å²) in [7, 11) is 0. The topological polar surface area (TPSA) is 53.1 Å². The van der Waals surface area contributed by atoms with Crippen LogP contribution in [0.3, 0.4) is 0 Å². The Kier molecular flexibility index (Phi) is 4.65. The number of halogens is 2. The van der Waals surface area contributed by atoms with Crippen molar-refractivity contribution in [2.24, 2.45) is 11.7 Å². The summed E-state index contributed by atoms with van der Waals surface area (Å²) in [6.07, 6.45) is 1.95. The van der Waals surface area contributed by atoms with E-state index in [0.29, 0.717) is 5.84 Å². The molecule has 3 nitrogen and oxygen atoms in total. The van der Waals surface area contributed by atoms with E-state index in [-0.39, 0.29) is 5.92 Å². The first-order valence-electron chi connectivity index (χ1n) is 6.06. The molecule has 1 saturated heterocycles. The molecule has 1 aliphatic rings. The molecular weight excluding hydrogens is 314 g/mol. The lowest BCUT2D eigenvalue weighted by Crippen LogP contribution is -2.37. The number of benzene rings is 1. The fourth-order valence-corrected chi connectivity index (χ4v) is 3.03. The zero-order chi connectivity index (χ0) is 13.1. The van der Waals surface area contributed by atoms with E-state index in [9.17, 15) is 0 Å². The van der Waals surface area contributed by atoms with Crippen molar-refractivity contribution in [1.82, 2.24) is 4.90 Å². The molecule has 1 fully saturated rings. The van der Waals surface area contributed by atoms with Crippen molar-refractivity contribution in [1.29, 1.82) is 5.41 Å². The Hall–Kier alpha value is -0.580. The normalized spacial score (nSPS) is 17.9. The third-order valence-corrected chi connectivity index (χ3v) is 4.28. The van der Waals surface area contributed by atoms with E-state index < -0.39 is 0 Å². The van der Waals surface area contributed by atoms with Crippen molar-refractivity contribution in [2.75, 3.05) is 13.1 Å². The quantitative estimate of drug-likeness (QED) is 0.660. The van der Waals surface area contributed by atoms with Gasteiger partial charge in [-0.2, -0.15) is 0 Å². The van der Waals surface area contributed by atoms with Gasteiger partial charge in [-0.05, 0) is 43.6 Å². The maximum Gasteiger partial charge on any atom is 0.0937 e. The highest BCUT2D eigenvalue weighted by atomic mass is 79.9. The molecule has 1 heterocycles. The van der Waals surface area contributed by atoms with Gasteiger partial charge in [-0.15, -0.1) is 0 Å². The van der Waals surface area contributed by atoms with Crippen LogP contribution in [-0.2, 0) is 6.54 Å². The van der Waals surface area contributed by atoms with Crippen molar-refractivity contribution >= 4 is 33.4 Å². The molecule has 0 radical (unpaired) electrons. The molecule has 1 aromatic rings. The van der Waals surface area contributed by atoms with Gasteiger partial charge >= 0.3 is 0 Å². The van der Waals surface area contributed by atoms with Crippen LogP contribution in [0.1, 0.15) is 18.4 Å². The summed E-state index contributed by atoms with van der Waals surface area (Å²) in [6.45, 7) is 2.84. The number of nitrogens with one attached hydrogen (secondary N) is 1. The highest BCUT2D eigenvalue weighted by Crippen LogP contribution is 2.24. The Bertz CT molecular complexity index is 442. The average molecular weight is 331 g/mol. The van der Waals surface area contributed by atoms with Crippen molar-refractivity contribution in [3.8, 4) is 0 Å². The highest BCUT2D eigenvalue weighted by molar-refractivity contribution is 9.10. The van der Waals surface area contributed by atoms with E-state index in [2.05, 4.69) is 26.9 Å². The first-order chi connectivity index (χ1) is 8.56. The first kappa shape index (κ1) is 13.8. The van der Waals surface area contributed by atoms with Crippen molar-refractivity contribution in [3.05, 3.63) is 33.3 Å².